The van der Waals surface area contributed by atoms with Gasteiger partial charge in [0.15, 0.2) is 5.75 Å². The van der Waals surface area contributed by atoms with Gasteiger partial charge in [-0.3, -0.25) is 19.7 Å². The Kier molecular flexibility index (Phi) is 3.97. The van der Waals surface area contributed by atoms with Crippen molar-refractivity contribution in [1.29, 1.82) is 0 Å². The molecule has 7 nitrogen and oxygen atoms in total. The van der Waals surface area contributed by atoms with Gasteiger partial charge in [0, 0.05) is 43.6 Å². The Morgan fingerprint density at radius 1 is 1.35 bits per heavy atom. The van der Waals surface area contributed by atoms with Crippen LogP contribution in [0.3, 0.4) is 0 Å². The van der Waals surface area contributed by atoms with E-state index in [1.54, 1.807) is 4.90 Å². The third-order valence-electron chi connectivity index (χ3n) is 3.23. The number of likely N-dealkylation sites (tertiary alicyclic amines) is 1. The molecule has 1 aliphatic heterocycles. The van der Waals surface area contributed by atoms with Crippen LogP contribution in [0.2, 0.25) is 0 Å². The van der Waals surface area contributed by atoms with Crippen molar-refractivity contribution < 1.29 is 19.2 Å². The molecule has 1 aliphatic rings. The monoisotopic (exact) mass is 278 g/mol. The quantitative estimate of drug-likeness (QED) is 0.616. The number of methoxy groups -OCH3 is 1. The van der Waals surface area contributed by atoms with Gasteiger partial charge in [-0.1, -0.05) is 0 Å². The average molecular weight is 278 g/mol. The van der Waals surface area contributed by atoms with E-state index in [2.05, 4.69) is 0 Å². The minimum Gasteiger partial charge on any atom is -0.490 e. The van der Waals surface area contributed by atoms with E-state index in [1.807, 2.05) is 0 Å². The van der Waals surface area contributed by atoms with Gasteiger partial charge in [0.1, 0.15) is 5.78 Å². The molecule has 1 aromatic rings. The van der Waals surface area contributed by atoms with Crippen LogP contribution in [0, 0.1) is 10.1 Å². The van der Waals surface area contributed by atoms with E-state index in [9.17, 15) is 19.7 Å². The van der Waals surface area contributed by atoms with Crippen molar-refractivity contribution in [3.05, 3.63) is 33.9 Å². The predicted molar refractivity (Wildman–Crippen MR) is 69.8 cm³/mol. The third-order valence-corrected chi connectivity index (χ3v) is 3.23. The number of piperidine rings is 1. The average Bonchev–Trinajstić information content (AvgIpc) is 2.46. The number of nitro groups is 1. The third kappa shape index (κ3) is 2.76. The van der Waals surface area contributed by atoms with Gasteiger partial charge in [0.25, 0.3) is 5.91 Å². The van der Waals surface area contributed by atoms with Crippen molar-refractivity contribution in [1.82, 2.24) is 4.90 Å². The van der Waals surface area contributed by atoms with E-state index in [0.29, 0.717) is 31.5 Å². The summed E-state index contributed by atoms with van der Waals surface area (Å²) in [5.74, 6) is -0.0463. The molecular weight excluding hydrogens is 264 g/mol. The number of hydrogen-bond acceptors (Lipinski definition) is 5. The molecule has 2 rings (SSSR count). The number of nitro benzene ring substituents is 1. The lowest BCUT2D eigenvalue weighted by molar-refractivity contribution is -0.385. The lowest BCUT2D eigenvalue weighted by Gasteiger charge is -2.26. The first-order valence-corrected chi connectivity index (χ1v) is 6.16. The molecule has 0 aliphatic carbocycles. The highest BCUT2D eigenvalue weighted by Crippen LogP contribution is 2.28. The van der Waals surface area contributed by atoms with Crippen LogP contribution in [0.1, 0.15) is 23.2 Å². The Balaban J connectivity index is 2.22. The van der Waals surface area contributed by atoms with Crippen molar-refractivity contribution in [2.24, 2.45) is 0 Å². The maximum absolute atomic E-state index is 12.2. The second kappa shape index (κ2) is 5.68. The summed E-state index contributed by atoms with van der Waals surface area (Å²) in [5.41, 5.74) is 0.139. The van der Waals surface area contributed by atoms with Gasteiger partial charge >= 0.3 is 5.69 Å². The summed E-state index contributed by atoms with van der Waals surface area (Å²) in [6, 6.07) is 4.01. The molecule has 0 aromatic heterocycles. The van der Waals surface area contributed by atoms with Crippen LogP contribution in [0.4, 0.5) is 5.69 Å². The minimum absolute atomic E-state index is 0.0499. The summed E-state index contributed by atoms with van der Waals surface area (Å²) >= 11 is 0. The molecular formula is C13H14N2O5. The van der Waals surface area contributed by atoms with Crippen LogP contribution in [-0.4, -0.2) is 41.7 Å². The molecule has 0 N–H and O–H groups in total. The molecule has 106 valence electrons. The number of carbonyl (C=O) groups is 2. The van der Waals surface area contributed by atoms with E-state index in [1.165, 1.54) is 25.3 Å². The van der Waals surface area contributed by atoms with E-state index in [4.69, 9.17) is 4.74 Å². The zero-order chi connectivity index (χ0) is 14.7. The highest BCUT2D eigenvalue weighted by atomic mass is 16.6. The van der Waals surface area contributed by atoms with Gasteiger partial charge in [-0.15, -0.1) is 0 Å². The molecule has 0 atom stereocenters. The van der Waals surface area contributed by atoms with Crippen molar-refractivity contribution in [2.45, 2.75) is 12.8 Å². The standard InChI is InChI=1S/C13H14N2O5/c1-20-12-8-9(2-3-11(12)15(18)19)13(17)14-6-4-10(16)5-7-14/h2-3,8H,4-7H2,1H3. The van der Waals surface area contributed by atoms with Crippen LogP contribution in [0.15, 0.2) is 18.2 Å². The van der Waals surface area contributed by atoms with Crippen LogP contribution < -0.4 is 4.74 Å². The first-order chi connectivity index (χ1) is 9.52. The molecule has 7 heteroatoms. The molecule has 1 aromatic carbocycles. The predicted octanol–water partition coefficient (Wildman–Crippen LogP) is 1.41. The van der Waals surface area contributed by atoms with Crippen molar-refractivity contribution in [3.8, 4) is 5.75 Å². The Morgan fingerprint density at radius 3 is 2.55 bits per heavy atom. The number of benzene rings is 1. The Bertz CT molecular complexity index is 560. The lowest BCUT2D eigenvalue weighted by Crippen LogP contribution is -2.38. The van der Waals surface area contributed by atoms with Gasteiger partial charge in [0.05, 0.1) is 12.0 Å². The molecule has 1 amide bonds. The Morgan fingerprint density at radius 2 is 2.00 bits per heavy atom. The highest BCUT2D eigenvalue weighted by molar-refractivity contribution is 5.96. The summed E-state index contributed by atoms with van der Waals surface area (Å²) < 4.78 is 4.94. The number of Topliss-reactive ketones (excluding diaryl/α,β-unsaturated/α-hetero) is 1. The molecule has 0 radical (unpaired) electrons. The smallest absolute Gasteiger partial charge is 0.310 e. The molecule has 20 heavy (non-hydrogen) atoms. The first kappa shape index (κ1) is 14.0. The number of hydrogen-bond donors (Lipinski definition) is 0. The Hall–Kier alpha value is -2.44. The van der Waals surface area contributed by atoms with Gasteiger partial charge in [-0.2, -0.15) is 0 Å². The molecule has 1 fully saturated rings. The van der Waals surface area contributed by atoms with E-state index < -0.39 is 4.92 Å². The number of ketones is 1. The topological polar surface area (TPSA) is 89.8 Å². The van der Waals surface area contributed by atoms with Crippen molar-refractivity contribution in [2.75, 3.05) is 20.2 Å². The summed E-state index contributed by atoms with van der Waals surface area (Å²) in [5, 5.41) is 10.8. The zero-order valence-electron chi connectivity index (χ0n) is 11.0. The van der Waals surface area contributed by atoms with Crippen LogP contribution >= 0.6 is 0 Å². The summed E-state index contributed by atoms with van der Waals surface area (Å²) in [6.45, 7) is 0.772. The molecule has 0 bridgehead atoms. The molecule has 1 saturated heterocycles. The van der Waals surface area contributed by atoms with E-state index in [0.717, 1.165) is 0 Å². The summed E-state index contributed by atoms with van der Waals surface area (Å²) in [4.78, 5) is 35.2. The van der Waals surface area contributed by atoms with Gasteiger partial charge in [-0.05, 0) is 6.07 Å². The minimum atomic E-state index is -0.563. The van der Waals surface area contributed by atoms with E-state index >= 15 is 0 Å². The van der Waals surface area contributed by atoms with Crippen LogP contribution in [0.25, 0.3) is 0 Å². The number of nitrogens with zero attached hydrogens (tertiary/aromatic N) is 2. The van der Waals surface area contributed by atoms with Crippen molar-refractivity contribution in [3.63, 3.8) is 0 Å². The second-order valence-electron chi connectivity index (χ2n) is 4.47. The maximum Gasteiger partial charge on any atom is 0.310 e. The molecule has 0 unspecified atom stereocenters. The van der Waals surface area contributed by atoms with Crippen LogP contribution in [-0.2, 0) is 4.79 Å². The summed E-state index contributed by atoms with van der Waals surface area (Å²) in [7, 11) is 1.32. The normalized spacial score (nSPS) is 15.1. The van der Waals surface area contributed by atoms with Gasteiger partial charge in [0.2, 0.25) is 0 Å². The second-order valence-corrected chi connectivity index (χ2v) is 4.47. The number of carbonyl (C=O) groups excluding carboxylic acids is 2. The number of amides is 1. The van der Waals surface area contributed by atoms with Crippen LogP contribution in [0.5, 0.6) is 5.75 Å². The summed E-state index contributed by atoms with van der Waals surface area (Å²) in [6.07, 6.45) is 0.714. The molecule has 1 heterocycles. The Labute approximate surface area is 115 Å². The largest absolute Gasteiger partial charge is 0.490 e. The fraction of sp³-hybridized carbons (Fsp3) is 0.385. The number of ether oxygens (including phenoxy) is 1. The SMILES string of the molecule is COc1cc(C(=O)N2CCC(=O)CC2)ccc1[N+](=O)[O-]. The van der Waals surface area contributed by atoms with Crippen molar-refractivity contribution >= 4 is 17.4 Å². The van der Waals surface area contributed by atoms with E-state index in [-0.39, 0.29) is 23.1 Å². The maximum atomic E-state index is 12.2. The molecule has 0 saturated carbocycles. The van der Waals surface area contributed by atoms with Gasteiger partial charge in [-0.25, -0.2) is 0 Å². The number of rotatable bonds is 3. The first-order valence-electron chi connectivity index (χ1n) is 6.16. The van der Waals surface area contributed by atoms with Gasteiger partial charge < -0.3 is 9.64 Å². The lowest BCUT2D eigenvalue weighted by atomic mass is 10.1. The fourth-order valence-corrected chi connectivity index (χ4v) is 2.10. The zero-order valence-corrected chi connectivity index (χ0v) is 11.0. The fourth-order valence-electron chi connectivity index (χ4n) is 2.10. The highest BCUT2D eigenvalue weighted by Gasteiger charge is 2.24. The molecule has 0 spiro atoms.